The highest BCUT2D eigenvalue weighted by atomic mass is 32.3. The molecule has 8 nitrogen and oxygen atoms in total. The predicted molar refractivity (Wildman–Crippen MR) is 50.7 cm³/mol. The first-order chi connectivity index (χ1) is 7.33. The number of nitrogens with zero attached hydrogens (tertiary/aromatic N) is 1. The molecule has 0 unspecified atom stereocenters. The van der Waals surface area contributed by atoms with Crippen LogP contribution in [0.15, 0.2) is 18.2 Å². The fraction of sp³-hybridized carbons (Fsp3) is 0. The molecule has 0 amide bonds. The Balaban J connectivity index is 3.22. The Kier molecular flexibility index (Phi) is 3.20. The molecule has 0 radical (unpaired) electrons. The van der Waals surface area contributed by atoms with Gasteiger partial charge in [0.1, 0.15) is 0 Å². The summed E-state index contributed by atoms with van der Waals surface area (Å²) in [5.41, 5.74) is -0.753. The van der Waals surface area contributed by atoms with Crippen molar-refractivity contribution in [3.05, 3.63) is 33.9 Å². The Morgan fingerprint density at radius 2 is 2.06 bits per heavy atom. The third kappa shape index (κ3) is 3.00. The van der Waals surface area contributed by atoms with Crippen molar-refractivity contribution in [3.63, 3.8) is 0 Å². The first-order valence-corrected chi connectivity index (χ1v) is 5.10. The van der Waals surface area contributed by atoms with E-state index in [1.807, 2.05) is 0 Å². The van der Waals surface area contributed by atoms with Crippen LogP contribution in [0.2, 0.25) is 0 Å². The summed E-state index contributed by atoms with van der Waals surface area (Å²) in [5.74, 6) is -0.483. The van der Waals surface area contributed by atoms with Crippen LogP contribution in [0, 0.1) is 10.1 Å². The highest BCUT2D eigenvalue weighted by Crippen LogP contribution is 2.23. The van der Waals surface area contributed by atoms with Crippen LogP contribution in [0.1, 0.15) is 10.4 Å². The normalized spacial score (nSPS) is 10.8. The summed E-state index contributed by atoms with van der Waals surface area (Å²) in [7, 11) is -4.77. The molecule has 0 heterocycles. The lowest BCUT2D eigenvalue weighted by Gasteiger charge is -2.03. The molecule has 1 rings (SSSR count). The van der Waals surface area contributed by atoms with Gasteiger partial charge in [0.25, 0.3) is 5.69 Å². The quantitative estimate of drug-likeness (QED) is 0.357. The maximum absolute atomic E-state index is 10.5. The minimum Gasteiger partial charge on any atom is -0.361 e. The molecular formula is C7H5NO7S. The first kappa shape index (κ1) is 12.1. The molecule has 0 fully saturated rings. The molecule has 0 aliphatic heterocycles. The molecule has 86 valence electrons. The molecule has 0 spiro atoms. The second kappa shape index (κ2) is 4.24. The molecule has 16 heavy (non-hydrogen) atoms. The van der Waals surface area contributed by atoms with E-state index >= 15 is 0 Å². The van der Waals surface area contributed by atoms with Crippen LogP contribution in [0.3, 0.4) is 0 Å². The number of non-ortho nitro benzene ring substituents is 1. The molecule has 0 saturated heterocycles. The average Bonchev–Trinajstić information content (AvgIpc) is 2.15. The number of carbonyl (C=O) groups excluding carboxylic acids is 1. The average molecular weight is 247 g/mol. The molecule has 9 heteroatoms. The van der Waals surface area contributed by atoms with Crippen LogP contribution in [0.25, 0.3) is 0 Å². The van der Waals surface area contributed by atoms with Crippen LogP contribution in [-0.4, -0.2) is 24.2 Å². The van der Waals surface area contributed by atoms with Crippen LogP contribution in [0.4, 0.5) is 5.69 Å². The number of hydrogen-bond donors (Lipinski definition) is 1. The van der Waals surface area contributed by atoms with E-state index in [4.69, 9.17) is 4.55 Å². The third-order valence-electron chi connectivity index (χ3n) is 1.53. The highest BCUT2D eigenvalue weighted by Gasteiger charge is 2.15. The zero-order valence-electron chi connectivity index (χ0n) is 7.56. The second-order valence-electron chi connectivity index (χ2n) is 2.61. The minimum absolute atomic E-state index is 0.174. The molecule has 1 aromatic rings. The van der Waals surface area contributed by atoms with Crippen LogP contribution in [-0.2, 0) is 10.4 Å². The number of nitro benzene ring substituents is 1. The summed E-state index contributed by atoms with van der Waals surface area (Å²) in [4.78, 5) is 20.1. The molecular weight excluding hydrogens is 242 g/mol. The fourth-order valence-electron chi connectivity index (χ4n) is 0.931. The largest absolute Gasteiger partial charge is 0.446 e. The summed E-state index contributed by atoms with van der Waals surface area (Å²) in [6.45, 7) is 0. The summed E-state index contributed by atoms with van der Waals surface area (Å²) < 4.78 is 33.1. The SMILES string of the molecule is O=Cc1cc([N+](=O)[O-])ccc1OS(=O)(=O)O. The van der Waals surface area contributed by atoms with E-state index in [0.29, 0.717) is 0 Å². The van der Waals surface area contributed by atoms with Gasteiger partial charge in [0.05, 0.1) is 10.5 Å². The van der Waals surface area contributed by atoms with E-state index in [0.717, 1.165) is 18.2 Å². The lowest BCUT2D eigenvalue weighted by atomic mass is 10.2. The lowest BCUT2D eigenvalue weighted by Crippen LogP contribution is -2.08. The van der Waals surface area contributed by atoms with E-state index in [-0.39, 0.29) is 11.8 Å². The minimum atomic E-state index is -4.77. The second-order valence-corrected chi connectivity index (χ2v) is 3.63. The van der Waals surface area contributed by atoms with Crippen LogP contribution >= 0.6 is 0 Å². The van der Waals surface area contributed by atoms with Crippen molar-refractivity contribution < 1.29 is 26.9 Å². The summed E-state index contributed by atoms with van der Waals surface area (Å²) in [6.07, 6.45) is 0.174. The van der Waals surface area contributed by atoms with Gasteiger partial charge in [0.15, 0.2) is 12.0 Å². The van der Waals surface area contributed by atoms with Gasteiger partial charge in [-0.05, 0) is 6.07 Å². The first-order valence-electron chi connectivity index (χ1n) is 3.74. The van der Waals surface area contributed by atoms with Crippen molar-refractivity contribution >= 4 is 22.4 Å². The Morgan fingerprint density at radius 3 is 2.50 bits per heavy atom. The molecule has 1 aromatic carbocycles. The monoisotopic (exact) mass is 247 g/mol. The van der Waals surface area contributed by atoms with E-state index in [9.17, 15) is 23.3 Å². The molecule has 0 saturated carbocycles. The summed E-state index contributed by atoms with van der Waals surface area (Å²) in [6, 6.07) is 2.66. The fourth-order valence-corrected chi connectivity index (χ4v) is 1.31. The molecule has 0 aliphatic carbocycles. The molecule has 0 aliphatic rings. The van der Waals surface area contributed by atoms with Gasteiger partial charge >= 0.3 is 10.4 Å². The number of rotatable bonds is 4. The van der Waals surface area contributed by atoms with Crippen molar-refractivity contribution in [1.29, 1.82) is 0 Å². The number of nitro groups is 1. The van der Waals surface area contributed by atoms with Gasteiger partial charge in [-0.25, -0.2) is 0 Å². The van der Waals surface area contributed by atoms with Gasteiger partial charge in [0.2, 0.25) is 0 Å². The van der Waals surface area contributed by atoms with Crippen LogP contribution in [0.5, 0.6) is 5.75 Å². The molecule has 0 atom stereocenters. The van der Waals surface area contributed by atoms with Gasteiger partial charge in [0, 0.05) is 12.1 Å². The standard InChI is InChI=1S/C7H5NO7S/c9-4-5-3-6(8(10)11)1-2-7(5)15-16(12,13)14/h1-4H,(H,12,13,14). The Hall–Kier alpha value is -2.00. The van der Waals surface area contributed by atoms with Crippen molar-refractivity contribution in [1.82, 2.24) is 0 Å². The Bertz CT molecular complexity index is 536. The predicted octanol–water partition coefficient (Wildman–Crippen LogP) is 0.589. The molecule has 0 bridgehead atoms. The lowest BCUT2D eigenvalue weighted by molar-refractivity contribution is -0.384. The van der Waals surface area contributed by atoms with E-state index in [2.05, 4.69) is 4.18 Å². The van der Waals surface area contributed by atoms with Gasteiger partial charge < -0.3 is 4.18 Å². The summed E-state index contributed by atoms with van der Waals surface area (Å²) in [5, 5.41) is 10.3. The number of hydrogen-bond acceptors (Lipinski definition) is 6. The number of carbonyl (C=O) groups is 1. The third-order valence-corrected chi connectivity index (χ3v) is 1.92. The van der Waals surface area contributed by atoms with E-state index < -0.39 is 26.8 Å². The maximum atomic E-state index is 10.5. The van der Waals surface area contributed by atoms with Gasteiger partial charge in [-0.3, -0.25) is 19.5 Å². The topological polar surface area (TPSA) is 124 Å². The van der Waals surface area contributed by atoms with Gasteiger partial charge in [-0.1, -0.05) is 0 Å². The summed E-state index contributed by atoms with van der Waals surface area (Å²) >= 11 is 0. The number of benzene rings is 1. The van der Waals surface area contributed by atoms with Crippen molar-refractivity contribution in [2.24, 2.45) is 0 Å². The zero-order valence-corrected chi connectivity index (χ0v) is 8.38. The van der Waals surface area contributed by atoms with Crippen molar-refractivity contribution in [2.45, 2.75) is 0 Å². The van der Waals surface area contributed by atoms with Crippen molar-refractivity contribution in [2.75, 3.05) is 0 Å². The van der Waals surface area contributed by atoms with Gasteiger partial charge in [-0.2, -0.15) is 8.42 Å². The van der Waals surface area contributed by atoms with Crippen molar-refractivity contribution in [3.8, 4) is 5.75 Å². The zero-order chi connectivity index (χ0) is 12.3. The maximum Gasteiger partial charge on any atom is 0.446 e. The van der Waals surface area contributed by atoms with E-state index in [1.54, 1.807) is 0 Å². The smallest absolute Gasteiger partial charge is 0.361 e. The molecule has 1 N–H and O–H groups in total. The Morgan fingerprint density at radius 1 is 1.44 bits per heavy atom. The van der Waals surface area contributed by atoms with Gasteiger partial charge in [-0.15, -0.1) is 0 Å². The Labute approximate surface area is 89.6 Å². The van der Waals surface area contributed by atoms with E-state index in [1.165, 1.54) is 0 Å². The molecule has 0 aromatic heterocycles. The number of aldehydes is 1. The van der Waals surface area contributed by atoms with Crippen LogP contribution < -0.4 is 4.18 Å². The highest BCUT2D eigenvalue weighted by molar-refractivity contribution is 7.81.